The van der Waals surface area contributed by atoms with Crippen molar-refractivity contribution in [3.8, 4) is 0 Å². The van der Waals surface area contributed by atoms with Crippen LogP contribution in [0, 0.1) is 0 Å². The lowest BCUT2D eigenvalue weighted by Gasteiger charge is -2.18. The summed E-state index contributed by atoms with van der Waals surface area (Å²) in [5.74, 6) is 0. The fraction of sp³-hybridized carbons (Fsp3) is 0.455. The van der Waals surface area contributed by atoms with Gasteiger partial charge >= 0.3 is 0 Å². The Morgan fingerprint density at radius 2 is 2.27 bits per heavy atom. The fourth-order valence-corrected chi connectivity index (χ4v) is 1.53. The van der Waals surface area contributed by atoms with Crippen molar-refractivity contribution in [2.45, 2.75) is 19.4 Å². The SMILES string of the molecule is CCC(COC)Nc1ccc(Cl)cc1N. The number of benzene rings is 1. The van der Waals surface area contributed by atoms with Crippen molar-refractivity contribution in [3.63, 3.8) is 0 Å². The van der Waals surface area contributed by atoms with Crippen LogP contribution in [-0.2, 0) is 4.74 Å². The van der Waals surface area contributed by atoms with E-state index >= 15 is 0 Å². The molecule has 3 N–H and O–H groups in total. The van der Waals surface area contributed by atoms with Crippen LogP contribution in [0.2, 0.25) is 5.02 Å². The minimum Gasteiger partial charge on any atom is -0.397 e. The maximum Gasteiger partial charge on any atom is 0.0663 e. The summed E-state index contributed by atoms with van der Waals surface area (Å²) >= 11 is 5.82. The van der Waals surface area contributed by atoms with Crippen LogP contribution in [-0.4, -0.2) is 19.8 Å². The van der Waals surface area contributed by atoms with E-state index in [0.717, 1.165) is 12.1 Å². The van der Waals surface area contributed by atoms with E-state index in [1.54, 1.807) is 13.2 Å². The molecule has 1 rings (SSSR count). The van der Waals surface area contributed by atoms with Crippen molar-refractivity contribution in [1.29, 1.82) is 0 Å². The lowest BCUT2D eigenvalue weighted by Crippen LogP contribution is -2.24. The zero-order valence-electron chi connectivity index (χ0n) is 9.09. The monoisotopic (exact) mass is 228 g/mol. The van der Waals surface area contributed by atoms with Gasteiger partial charge in [0.15, 0.2) is 0 Å². The highest BCUT2D eigenvalue weighted by Crippen LogP contribution is 2.23. The Bertz CT molecular complexity index is 317. The van der Waals surface area contributed by atoms with Crippen LogP contribution in [0.1, 0.15) is 13.3 Å². The first kappa shape index (κ1) is 12.1. The molecule has 0 amide bonds. The number of nitrogens with one attached hydrogen (secondary N) is 1. The maximum atomic E-state index is 5.83. The van der Waals surface area contributed by atoms with Crippen LogP contribution in [0.3, 0.4) is 0 Å². The third-order valence-electron chi connectivity index (χ3n) is 2.23. The van der Waals surface area contributed by atoms with E-state index in [0.29, 0.717) is 17.3 Å². The highest BCUT2D eigenvalue weighted by Gasteiger charge is 2.07. The summed E-state index contributed by atoms with van der Waals surface area (Å²) in [7, 11) is 1.69. The Morgan fingerprint density at radius 1 is 1.53 bits per heavy atom. The first-order valence-electron chi connectivity index (χ1n) is 4.97. The van der Waals surface area contributed by atoms with Crippen LogP contribution in [0.25, 0.3) is 0 Å². The third kappa shape index (κ3) is 3.61. The molecule has 0 aliphatic rings. The number of nitrogen functional groups attached to an aromatic ring is 1. The van der Waals surface area contributed by atoms with E-state index in [9.17, 15) is 0 Å². The number of anilines is 2. The van der Waals surface area contributed by atoms with Crippen LogP contribution in [0.15, 0.2) is 18.2 Å². The Labute approximate surface area is 95.6 Å². The molecule has 1 unspecified atom stereocenters. The van der Waals surface area contributed by atoms with Gasteiger partial charge in [0.1, 0.15) is 0 Å². The van der Waals surface area contributed by atoms with Gasteiger partial charge in [0, 0.05) is 18.2 Å². The van der Waals surface area contributed by atoms with Gasteiger partial charge in [-0.05, 0) is 24.6 Å². The van der Waals surface area contributed by atoms with E-state index in [1.807, 2.05) is 12.1 Å². The summed E-state index contributed by atoms with van der Waals surface area (Å²) in [6.45, 7) is 2.77. The molecule has 0 aliphatic heterocycles. The predicted molar refractivity (Wildman–Crippen MR) is 65.4 cm³/mol. The Balaban J connectivity index is 2.70. The summed E-state index contributed by atoms with van der Waals surface area (Å²) in [5.41, 5.74) is 7.40. The van der Waals surface area contributed by atoms with Crippen LogP contribution >= 0.6 is 11.6 Å². The molecule has 0 bridgehead atoms. The maximum absolute atomic E-state index is 5.83. The molecular formula is C11H17ClN2O. The van der Waals surface area contributed by atoms with E-state index in [4.69, 9.17) is 22.1 Å². The minimum absolute atomic E-state index is 0.276. The number of halogens is 1. The number of ether oxygens (including phenoxy) is 1. The van der Waals surface area contributed by atoms with Gasteiger partial charge in [-0.2, -0.15) is 0 Å². The topological polar surface area (TPSA) is 47.3 Å². The minimum atomic E-state index is 0.276. The second-order valence-corrected chi connectivity index (χ2v) is 3.87. The Kier molecular flexibility index (Phi) is 4.72. The number of hydrogen-bond acceptors (Lipinski definition) is 3. The van der Waals surface area contributed by atoms with Crippen molar-refractivity contribution in [2.24, 2.45) is 0 Å². The first-order valence-corrected chi connectivity index (χ1v) is 5.35. The quantitative estimate of drug-likeness (QED) is 0.762. The van der Waals surface area contributed by atoms with E-state index in [-0.39, 0.29) is 6.04 Å². The lowest BCUT2D eigenvalue weighted by atomic mass is 10.2. The van der Waals surface area contributed by atoms with Crippen LogP contribution in [0.4, 0.5) is 11.4 Å². The summed E-state index contributed by atoms with van der Waals surface area (Å²) in [6, 6.07) is 5.72. The molecule has 0 aliphatic carbocycles. The van der Waals surface area contributed by atoms with Gasteiger partial charge in [0.05, 0.1) is 18.0 Å². The van der Waals surface area contributed by atoms with Gasteiger partial charge in [-0.1, -0.05) is 18.5 Å². The van der Waals surface area contributed by atoms with Crippen molar-refractivity contribution >= 4 is 23.0 Å². The second-order valence-electron chi connectivity index (χ2n) is 3.44. The zero-order valence-corrected chi connectivity index (χ0v) is 9.84. The smallest absolute Gasteiger partial charge is 0.0663 e. The first-order chi connectivity index (χ1) is 7.17. The third-order valence-corrected chi connectivity index (χ3v) is 2.47. The van der Waals surface area contributed by atoms with Gasteiger partial charge in [-0.25, -0.2) is 0 Å². The van der Waals surface area contributed by atoms with E-state index < -0.39 is 0 Å². The van der Waals surface area contributed by atoms with Crippen molar-refractivity contribution in [3.05, 3.63) is 23.2 Å². The number of hydrogen-bond donors (Lipinski definition) is 2. The largest absolute Gasteiger partial charge is 0.397 e. The van der Waals surface area contributed by atoms with Crippen molar-refractivity contribution in [1.82, 2.24) is 0 Å². The highest BCUT2D eigenvalue weighted by atomic mass is 35.5. The van der Waals surface area contributed by atoms with Gasteiger partial charge in [-0.3, -0.25) is 0 Å². The van der Waals surface area contributed by atoms with Crippen molar-refractivity contribution in [2.75, 3.05) is 24.8 Å². The van der Waals surface area contributed by atoms with Crippen molar-refractivity contribution < 1.29 is 4.74 Å². The molecule has 0 saturated carbocycles. The molecule has 0 aromatic heterocycles. The molecule has 0 heterocycles. The van der Waals surface area contributed by atoms with Gasteiger partial charge < -0.3 is 15.8 Å². The summed E-state index contributed by atoms with van der Waals surface area (Å²) in [5, 5.41) is 3.97. The summed E-state index contributed by atoms with van der Waals surface area (Å²) < 4.78 is 5.10. The average molecular weight is 229 g/mol. The number of rotatable bonds is 5. The second kappa shape index (κ2) is 5.83. The molecule has 1 aromatic carbocycles. The molecule has 0 spiro atoms. The summed E-state index contributed by atoms with van der Waals surface area (Å²) in [6.07, 6.45) is 0.982. The Morgan fingerprint density at radius 3 is 2.80 bits per heavy atom. The molecule has 0 radical (unpaired) electrons. The van der Waals surface area contributed by atoms with E-state index in [2.05, 4.69) is 12.2 Å². The Hall–Kier alpha value is -0.930. The molecule has 3 nitrogen and oxygen atoms in total. The standard InChI is InChI=1S/C11H17ClN2O/c1-3-9(7-15-2)14-11-5-4-8(12)6-10(11)13/h4-6,9,14H,3,7,13H2,1-2H3. The fourth-order valence-electron chi connectivity index (χ4n) is 1.35. The lowest BCUT2D eigenvalue weighted by molar-refractivity contribution is 0.184. The molecule has 4 heteroatoms. The van der Waals surface area contributed by atoms with Crippen LogP contribution in [0.5, 0.6) is 0 Å². The molecule has 1 atom stereocenters. The number of nitrogens with two attached hydrogens (primary N) is 1. The molecule has 0 saturated heterocycles. The van der Waals surface area contributed by atoms with E-state index in [1.165, 1.54) is 0 Å². The molecule has 0 fully saturated rings. The number of methoxy groups -OCH3 is 1. The normalized spacial score (nSPS) is 12.5. The molecular weight excluding hydrogens is 212 g/mol. The molecule has 84 valence electrons. The summed E-state index contributed by atoms with van der Waals surface area (Å²) in [4.78, 5) is 0. The average Bonchev–Trinajstić information content (AvgIpc) is 2.21. The molecule has 1 aromatic rings. The van der Waals surface area contributed by atoms with Gasteiger partial charge in [-0.15, -0.1) is 0 Å². The zero-order chi connectivity index (χ0) is 11.3. The van der Waals surface area contributed by atoms with Crippen LogP contribution < -0.4 is 11.1 Å². The van der Waals surface area contributed by atoms with Gasteiger partial charge in [0.2, 0.25) is 0 Å². The molecule has 15 heavy (non-hydrogen) atoms. The predicted octanol–water partition coefficient (Wildman–Crippen LogP) is 2.76. The highest BCUT2D eigenvalue weighted by molar-refractivity contribution is 6.31. The van der Waals surface area contributed by atoms with Gasteiger partial charge in [0.25, 0.3) is 0 Å².